The van der Waals surface area contributed by atoms with Crippen LogP contribution in [0, 0.1) is 0 Å². The summed E-state index contributed by atoms with van der Waals surface area (Å²) in [5.74, 6) is 0.820. The van der Waals surface area contributed by atoms with Crippen molar-refractivity contribution in [3.8, 4) is 5.75 Å². The number of carbonyl (C=O) groups is 1. The molecule has 1 saturated heterocycles. The number of piperidine rings is 1. The molecule has 0 spiro atoms. The van der Waals surface area contributed by atoms with Crippen LogP contribution in [0.3, 0.4) is 0 Å². The van der Waals surface area contributed by atoms with Gasteiger partial charge in [0.15, 0.2) is 0 Å². The van der Waals surface area contributed by atoms with Crippen LogP contribution in [0.15, 0.2) is 41.9 Å². The maximum atomic E-state index is 12.0. The molecule has 5 nitrogen and oxygen atoms in total. The Balaban J connectivity index is 1.47. The quantitative estimate of drug-likeness (QED) is 0.848. The average Bonchev–Trinajstić information content (AvgIpc) is 3.14. The molecule has 1 amide bonds. The molecular weight excluding hydrogens is 322 g/mol. The summed E-state index contributed by atoms with van der Waals surface area (Å²) in [5, 5.41) is 5.82. The third-order valence-corrected chi connectivity index (χ3v) is 4.85. The largest absolute Gasteiger partial charge is 0.497 e. The summed E-state index contributed by atoms with van der Waals surface area (Å²) in [7, 11) is 1.67. The summed E-state index contributed by atoms with van der Waals surface area (Å²) in [4.78, 5) is 18.4. The number of nitrogens with one attached hydrogen (secondary N) is 1. The molecule has 0 radical (unpaired) electrons. The van der Waals surface area contributed by atoms with Crippen molar-refractivity contribution in [2.45, 2.75) is 18.9 Å². The molecule has 126 valence electrons. The zero-order valence-electron chi connectivity index (χ0n) is 13.6. The van der Waals surface area contributed by atoms with Gasteiger partial charge in [-0.2, -0.15) is 0 Å². The molecule has 1 N–H and O–H groups in total. The van der Waals surface area contributed by atoms with E-state index in [4.69, 9.17) is 4.74 Å². The lowest BCUT2D eigenvalue weighted by Gasteiger charge is -2.33. The van der Waals surface area contributed by atoms with Crippen LogP contribution >= 0.6 is 11.3 Å². The maximum absolute atomic E-state index is 12.0. The predicted octanol–water partition coefficient (Wildman–Crippen LogP) is 2.95. The zero-order valence-corrected chi connectivity index (χ0v) is 14.5. The van der Waals surface area contributed by atoms with Crippen molar-refractivity contribution in [1.29, 1.82) is 0 Å². The van der Waals surface area contributed by atoms with Crippen molar-refractivity contribution in [2.75, 3.05) is 25.1 Å². The topological polar surface area (TPSA) is 54.5 Å². The molecule has 1 aromatic carbocycles. The molecule has 1 fully saturated rings. The lowest BCUT2D eigenvalue weighted by Crippen LogP contribution is -2.44. The minimum absolute atomic E-state index is 0.0481. The Hall–Kier alpha value is -2.34. The Kier molecular flexibility index (Phi) is 5.48. The Morgan fingerprint density at radius 1 is 1.33 bits per heavy atom. The van der Waals surface area contributed by atoms with Crippen LogP contribution in [0.5, 0.6) is 5.75 Å². The molecule has 0 saturated carbocycles. The fraction of sp³-hybridized carbons (Fsp3) is 0.333. The molecule has 24 heavy (non-hydrogen) atoms. The number of carbonyl (C=O) groups excluding carboxylic acids is 1. The van der Waals surface area contributed by atoms with Crippen LogP contribution < -0.4 is 15.0 Å². The van der Waals surface area contributed by atoms with Gasteiger partial charge < -0.3 is 15.0 Å². The number of anilines is 1. The smallest absolute Gasteiger partial charge is 0.244 e. The van der Waals surface area contributed by atoms with Gasteiger partial charge in [0.25, 0.3) is 0 Å². The Bertz CT molecular complexity index is 675. The van der Waals surface area contributed by atoms with E-state index in [-0.39, 0.29) is 11.9 Å². The van der Waals surface area contributed by atoms with E-state index in [0.29, 0.717) is 0 Å². The van der Waals surface area contributed by atoms with Gasteiger partial charge in [0.1, 0.15) is 10.8 Å². The van der Waals surface area contributed by atoms with Gasteiger partial charge in [-0.05, 0) is 43.2 Å². The highest BCUT2D eigenvalue weighted by molar-refractivity contribution is 7.10. The average molecular weight is 343 g/mol. The SMILES string of the molecule is COc1ccc(N2CCC(NC(=O)/C=C\c3nccs3)CC2)cc1. The second-order valence-electron chi connectivity index (χ2n) is 5.67. The van der Waals surface area contributed by atoms with Crippen molar-refractivity contribution < 1.29 is 9.53 Å². The first-order valence-electron chi connectivity index (χ1n) is 8.01. The molecule has 2 heterocycles. The number of hydrogen-bond donors (Lipinski definition) is 1. The molecule has 1 aliphatic heterocycles. The van der Waals surface area contributed by atoms with Gasteiger partial charge in [-0.3, -0.25) is 4.79 Å². The van der Waals surface area contributed by atoms with Crippen LogP contribution in [0.2, 0.25) is 0 Å². The van der Waals surface area contributed by atoms with E-state index in [1.165, 1.54) is 17.0 Å². The number of ether oxygens (including phenoxy) is 1. The van der Waals surface area contributed by atoms with Crippen LogP contribution in [0.1, 0.15) is 17.8 Å². The molecule has 0 bridgehead atoms. The van der Waals surface area contributed by atoms with Gasteiger partial charge in [-0.15, -0.1) is 11.3 Å². The van der Waals surface area contributed by atoms with Gasteiger partial charge in [-0.25, -0.2) is 4.98 Å². The molecule has 2 aromatic rings. The summed E-state index contributed by atoms with van der Waals surface area (Å²) in [6.45, 7) is 1.88. The third-order valence-electron chi connectivity index (χ3n) is 4.11. The van der Waals surface area contributed by atoms with Gasteiger partial charge >= 0.3 is 0 Å². The molecule has 0 unspecified atom stereocenters. The van der Waals surface area contributed by atoms with E-state index in [0.717, 1.165) is 36.7 Å². The van der Waals surface area contributed by atoms with E-state index in [9.17, 15) is 4.79 Å². The van der Waals surface area contributed by atoms with E-state index >= 15 is 0 Å². The minimum atomic E-state index is -0.0481. The van der Waals surface area contributed by atoms with Crippen LogP contribution in [0.25, 0.3) is 6.08 Å². The lowest BCUT2D eigenvalue weighted by atomic mass is 10.0. The van der Waals surface area contributed by atoms with Crippen LogP contribution in [-0.2, 0) is 4.79 Å². The van der Waals surface area contributed by atoms with Crippen LogP contribution in [0.4, 0.5) is 5.69 Å². The second-order valence-corrected chi connectivity index (χ2v) is 6.60. The van der Waals surface area contributed by atoms with E-state index < -0.39 is 0 Å². The molecule has 3 rings (SSSR count). The molecule has 0 atom stereocenters. The van der Waals surface area contributed by atoms with Crippen molar-refractivity contribution in [3.63, 3.8) is 0 Å². The number of hydrogen-bond acceptors (Lipinski definition) is 5. The van der Waals surface area contributed by atoms with Crippen molar-refractivity contribution >= 4 is 29.0 Å². The minimum Gasteiger partial charge on any atom is -0.497 e. The first-order chi connectivity index (χ1) is 11.7. The standard InChI is InChI=1S/C18H21N3O2S/c1-23-16-4-2-15(3-5-16)21-11-8-14(9-12-21)20-17(22)6-7-18-19-10-13-24-18/h2-7,10,13-14H,8-9,11-12H2,1H3,(H,20,22)/b7-6-. The van der Waals surface area contributed by atoms with Crippen LogP contribution in [-0.4, -0.2) is 37.1 Å². The Morgan fingerprint density at radius 3 is 2.71 bits per heavy atom. The van der Waals surface area contributed by atoms with E-state index in [1.807, 2.05) is 17.5 Å². The fourth-order valence-electron chi connectivity index (χ4n) is 2.79. The third kappa shape index (κ3) is 4.35. The number of methoxy groups -OCH3 is 1. The molecule has 0 aliphatic carbocycles. The van der Waals surface area contributed by atoms with Crippen molar-refractivity contribution in [2.24, 2.45) is 0 Å². The number of aromatic nitrogens is 1. The molecule has 1 aliphatic rings. The van der Waals surface area contributed by atoms with Gasteiger partial charge in [0.05, 0.1) is 7.11 Å². The van der Waals surface area contributed by atoms with Crippen molar-refractivity contribution in [3.05, 3.63) is 46.9 Å². The second kappa shape index (κ2) is 7.97. The van der Waals surface area contributed by atoms with Gasteiger partial charge in [-0.1, -0.05) is 0 Å². The number of benzene rings is 1. The normalized spacial score (nSPS) is 15.6. The molecule has 1 aromatic heterocycles. The first-order valence-corrected chi connectivity index (χ1v) is 8.89. The van der Waals surface area contributed by atoms with E-state index in [2.05, 4.69) is 27.3 Å². The fourth-order valence-corrected chi connectivity index (χ4v) is 3.32. The summed E-state index contributed by atoms with van der Waals surface area (Å²) in [6.07, 6.45) is 6.95. The highest BCUT2D eigenvalue weighted by Gasteiger charge is 2.20. The zero-order chi connectivity index (χ0) is 16.8. The van der Waals surface area contributed by atoms with Gasteiger partial charge in [0, 0.05) is 42.5 Å². The highest BCUT2D eigenvalue weighted by atomic mass is 32.1. The Morgan fingerprint density at radius 2 is 2.08 bits per heavy atom. The number of nitrogens with zero attached hydrogens (tertiary/aromatic N) is 2. The number of amides is 1. The Labute approximate surface area is 146 Å². The highest BCUT2D eigenvalue weighted by Crippen LogP contribution is 2.22. The lowest BCUT2D eigenvalue weighted by molar-refractivity contribution is -0.117. The molecular formula is C18H21N3O2S. The number of thiazole rings is 1. The maximum Gasteiger partial charge on any atom is 0.244 e. The van der Waals surface area contributed by atoms with Crippen molar-refractivity contribution in [1.82, 2.24) is 10.3 Å². The monoisotopic (exact) mass is 343 g/mol. The van der Waals surface area contributed by atoms with Gasteiger partial charge in [0.2, 0.25) is 5.91 Å². The predicted molar refractivity (Wildman–Crippen MR) is 97.5 cm³/mol. The van der Waals surface area contributed by atoms with E-state index in [1.54, 1.807) is 25.5 Å². The summed E-state index contributed by atoms with van der Waals surface area (Å²) in [5.41, 5.74) is 1.20. The summed E-state index contributed by atoms with van der Waals surface area (Å²) in [6, 6.07) is 8.34. The summed E-state index contributed by atoms with van der Waals surface area (Å²) >= 11 is 1.52. The summed E-state index contributed by atoms with van der Waals surface area (Å²) < 4.78 is 5.19. The molecule has 6 heteroatoms. The number of rotatable bonds is 5. The first kappa shape index (κ1) is 16.5.